The minimum atomic E-state index is 0.643. The smallest absolute Gasteiger partial charge is 0.101 e. The van der Waals surface area contributed by atoms with Gasteiger partial charge in [-0.25, -0.2) is 0 Å². The van der Waals surface area contributed by atoms with E-state index in [1.165, 1.54) is 167 Å². The van der Waals surface area contributed by atoms with E-state index in [1.807, 2.05) is 0 Å². The Morgan fingerprint density at radius 3 is 1.03 bits per heavy atom. The molecular weight excluding hydrogens is 412 g/mol. The lowest BCUT2D eigenvalue weighted by molar-refractivity contribution is 0.135. The molecule has 1 rings (SSSR count). The van der Waals surface area contributed by atoms with Crippen molar-refractivity contribution in [3.8, 4) is 0 Å². The predicted octanol–water partition coefficient (Wildman–Crippen LogP) is 10.8. The third kappa shape index (κ3) is 16.9. The molecule has 1 atom stereocenters. The van der Waals surface area contributed by atoms with E-state index in [0.717, 1.165) is 0 Å². The van der Waals surface area contributed by atoms with E-state index in [2.05, 4.69) is 43.0 Å². The van der Waals surface area contributed by atoms with E-state index < -0.39 is 0 Å². The maximum Gasteiger partial charge on any atom is 0.101 e. The van der Waals surface area contributed by atoms with Gasteiger partial charge in [-0.05, 0) is 25.7 Å². The van der Waals surface area contributed by atoms with E-state index in [0.29, 0.717) is 6.17 Å². The second kappa shape index (κ2) is 24.1. The second-order valence-corrected chi connectivity index (χ2v) is 11.1. The van der Waals surface area contributed by atoms with Crippen molar-refractivity contribution in [1.82, 2.24) is 9.80 Å². The molecule has 0 aliphatic carbocycles. The van der Waals surface area contributed by atoms with Crippen molar-refractivity contribution in [2.24, 2.45) is 0 Å². The van der Waals surface area contributed by atoms with Crippen LogP contribution in [0.25, 0.3) is 0 Å². The average molecular weight is 477 g/mol. The zero-order valence-electron chi connectivity index (χ0n) is 24.0. The molecule has 2 heteroatoms. The molecule has 0 bridgehead atoms. The van der Waals surface area contributed by atoms with Gasteiger partial charge in [0.15, 0.2) is 0 Å². The van der Waals surface area contributed by atoms with Crippen LogP contribution in [0.2, 0.25) is 0 Å². The summed E-state index contributed by atoms with van der Waals surface area (Å²) in [6.45, 7) is 9.46. The summed E-state index contributed by atoms with van der Waals surface area (Å²) in [4.78, 5) is 5.33. The van der Waals surface area contributed by atoms with Crippen LogP contribution in [0, 0.1) is 0 Å². The number of hydrogen-bond acceptors (Lipinski definition) is 2. The summed E-state index contributed by atoms with van der Waals surface area (Å²) < 4.78 is 0. The van der Waals surface area contributed by atoms with Gasteiger partial charge in [0, 0.05) is 25.5 Å². The Labute approximate surface area is 216 Å². The highest BCUT2D eigenvalue weighted by atomic mass is 15.4. The summed E-state index contributed by atoms with van der Waals surface area (Å²) in [6.07, 6.45) is 39.5. The summed E-state index contributed by atoms with van der Waals surface area (Å²) in [5, 5.41) is 0. The Kier molecular flexibility index (Phi) is 22.2. The molecule has 0 aromatic heterocycles. The Balaban J connectivity index is 2.04. The molecule has 34 heavy (non-hydrogen) atoms. The zero-order valence-corrected chi connectivity index (χ0v) is 24.0. The van der Waals surface area contributed by atoms with Crippen LogP contribution in [-0.4, -0.2) is 29.1 Å². The Hall–Kier alpha value is -0.660. The van der Waals surface area contributed by atoms with Crippen LogP contribution in [0.4, 0.5) is 0 Å². The lowest BCUT2D eigenvalue weighted by atomic mass is 10.0. The fraction of sp³-hybridized carbons (Fsp3) is 0.938. The molecule has 0 saturated carbocycles. The first-order valence-corrected chi connectivity index (χ1v) is 16.0. The first-order valence-electron chi connectivity index (χ1n) is 16.0. The molecule has 0 aromatic carbocycles. The van der Waals surface area contributed by atoms with Gasteiger partial charge >= 0.3 is 0 Å². The summed E-state index contributed by atoms with van der Waals surface area (Å²) in [5.74, 6) is 0. The Bertz CT molecular complexity index is 433. The first-order chi connectivity index (χ1) is 16.8. The number of nitrogens with zero attached hydrogens (tertiary/aromatic N) is 2. The van der Waals surface area contributed by atoms with Gasteiger partial charge in [-0.2, -0.15) is 0 Å². The molecule has 0 radical (unpaired) electrons. The summed E-state index contributed by atoms with van der Waals surface area (Å²) in [5.41, 5.74) is 0. The molecule has 1 aliphatic heterocycles. The molecule has 1 unspecified atom stereocenters. The van der Waals surface area contributed by atoms with E-state index in [1.54, 1.807) is 0 Å². The maximum absolute atomic E-state index is 2.67. The van der Waals surface area contributed by atoms with Crippen molar-refractivity contribution >= 4 is 0 Å². The fourth-order valence-electron chi connectivity index (χ4n) is 5.48. The maximum atomic E-state index is 2.67. The predicted molar refractivity (Wildman–Crippen MR) is 154 cm³/mol. The van der Waals surface area contributed by atoms with Crippen LogP contribution in [0.15, 0.2) is 12.4 Å². The topological polar surface area (TPSA) is 6.48 Å². The van der Waals surface area contributed by atoms with Gasteiger partial charge in [-0.15, -0.1) is 0 Å². The van der Waals surface area contributed by atoms with E-state index in [-0.39, 0.29) is 0 Å². The van der Waals surface area contributed by atoms with Crippen LogP contribution >= 0.6 is 0 Å². The van der Waals surface area contributed by atoms with Gasteiger partial charge in [0.05, 0.1) is 0 Å². The van der Waals surface area contributed by atoms with Crippen molar-refractivity contribution in [3.63, 3.8) is 0 Å². The number of unbranched alkanes of at least 4 members (excludes halogenated alkanes) is 20. The van der Waals surface area contributed by atoms with Crippen LogP contribution in [0.1, 0.15) is 175 Å². The largest absolute Gasteiger partial charge is 0.356 e. The van der Waals surface area contributed by atoms with E-state index in [9.17, 15) is 0 Å². The highest BCUT2D eigenvalue weighted by Gasteiger charge is 2.24. The molecule has 0 spiro atoms. The van der Waals surface area contributed by atoms with Crippen LogP contribution in [0.3, 0.4) is 0 Å². The third-order valence-electron chi connectivity index (χ3n) is 7.82. The van der Waals surface area contributed by atoms with Gasteiger partial charge in [0.2, 0.25) is 0 Å². The number of rotatable bonds is 26. The SMILES string of the molecule is CCCCCCCCCCCCCCCCCN1C=CN(CCCCCCC)C1CCCCC. The monoisotopic (exact) mass is 477 g/mol. The molecule has 1 aliphatic rings. The minimum Gasteiger partial charge on any atom is -0.356 e. The highest BCUT2D eigenvalue weighted by molar-refractivity contribution is 4.96. The molecule has 202 valence electrons. The van der Waals surface area contributed by atoms with Gasteiger partial charge in [0.1, 0.15) is 6.17 Å². The van der Waals surface area contributed by atoms with Crippen LogP contribution < -0.4 is 0 Å². The molecule has 0 fully saturated rings. The average Bonchev–Trinajstić information content (AvgIpc) is 3.23. The van der Waals surface area contributed by atoms with Crippen molar-refractivity contribution in [2.75, 3.05) is 13.1 Å². The normalized spacial score (nSPS) is 15.7. The van der Waals surface area contributed by atoms with E-state index >= 15 is 0 Å². The van der Waals surface area contributed by atoms with Crippen LogP contribution in [0.5, 0.6) is 0 Å². The standard InChI is InChI=1S/C32H64N2/c1-4-7-10-12-13-14-15-16-17-18-19-20-21-23-26-29-34-31-30-33(28-25-22-11-8-5-2)32(34)27-24-9-6-3/h30-32H,4-29H2,1-3H3. The fourth-order valence-corrected chi connectivity index (χ4v) is 5.48. The number of hydrogen-bond donors (Lipinski definition) is 0. The Morgan fingerprint density at radius 2 is 0.676 bits per heavy atom. The van der Waals surface area contributed by atoms with Crippen molar-refractivity contribution in [2.45, 2.75) is 181 Å². The lowest BCUT2D eigenvalue weighted by Crippen LogP contribution is -2.39. The van der Waals surface area contributed by atoms with Gasteiger partial charge in [0.25, 0.3) is 0 Å². The van der Waals surface area contributed by atoms with Gasteiger partial charge < -0.3 is 9.80 Å². The minimum absolute atomic E-state index is 0.643. The van der Waals surface area contributed by atoms with E-state index in [4.69, 9.17) is 0 Å². The molecule has 0 N–H and O–H groups in total. The van der Waals surface area contributed by atoms with Crippen molar-refractivity contribution < 1.29 is 0 Å². The molecule has 0 saturated heterocycles. The van der Waals surface area contributed by atoms with Crippen LogP contribution in [-0.2, 0) is 0 Å². The summed E-state index contributed by atoms with van der Waals surface area (Å²) in [6, 6.07) is 0. The molecule has 1 heterocycles. The lowest BCUT2D eigenvalue weighted by Gasteiger charge is -2.33. The summed E-state index contributed by atoms with van der Waals surface area (Å²) >= 11 is 0. The van der Waals surface area contributed by atoms with Crippen molar-refractivity contribution in [3.05, 3.63) is 12.4 Å². The first kappa shape index (κ1) is 31.4. The molecule has 0 amide bonds. The van der Waals surface area contributed by atoms with Gasteiger partial charge in [-0.1, -0.05) is 149 Å². The molecular formula is C32H64N2. The third-order valence-corrected chi connectivity index (χ3v) is 7.82. The second-order valence-electron chi connectivity index (χ2n) is 11.1. The quantitative estimate of drug-likeness (QED) is 0.114. The summed E-state index contributed by atoms with van der Waals surface area (Å²) in [7, 11) is 0. The Morgan fingerprint density at radius 1 is 0.382 bits per heavy atom. The van der Waals surface area contributed by atoms with Gasteiger partial charge in [-0.3, -0.25) is 0 Å². The van der Waals surface area contributed by atoms with Crippen molar-refractivity contribution in [1.29, 1.82) is 0 Å². The molecule has 2 nitrogen and oxygen atoms in total. The zero-order chi connectivity index (χ0) is 24.5. The highest BCUT2D eigenvalue weighted by Crippen LogP contribution is 2.23. The molecule has 0 aromatic rings.